The minimum Gasteiger partial charge on any atom is -0.481 e. The topological polar surface area (TPSA) is 116 Å². The number of benzene rings is 1. The predicted molar refractivity (Wildman–Crippen MR) is 96.2 cm³/mol. The van der Waals surface area contributed by atoms with Crippen LogP contribution in [-0.2, 0) is 17.8 Å². The van der Waals surface area contributed by atoms with Crippen molar-refractivity contribution in [3.63, 3.8) is 0 Å². The molecule has 4 rings (SSSR count). The molecule has 1 atom stereocenters. The maximum Gasteiger partial charge on any atom is 0.305 e. The van der Waals surface area contributed by atoms with Gasteiger partial charge in [-0.2, -0.15) is 0 Å². The Morgan fingerprint density at radius 2 is 2.00 bits per heavy atom. The van der Waals surface area contributed by atoms with Gasteiger partial charge in [0, 0.05) is 18.8 Å². The maximum atomic E-state index is 13.1. The summed E-state index contributed by atoms with van der Waals surface area (Å²) in [5.74, 6) is -1.32. The van der Waals surface area contributed by atoms with Crippen molar-refractivity contribution in [2.75, 3.05) is 0 Å². The van der Waals surface area contributed by atoms with Gasteiger partial charge in [-0.1, -0.05) is 24.3 Å². The second kappa shape index (κ2) is 6.64. The molecule has 0 aliphatic carbocycles. The molecule has 0 radical (unpaired) electrons. The molecule has 1 aromatic carbocycles. The largest absolute Gasteiger partial charge is 0.481 e. The van der Waals surface area contributed by atoms with Gasteiger partial charge in [-0.25, -0.2) is 9.97 Å². The summed E-state index contributed by atoms with van der Waals surface area (Å²) in [7, 11) is 0. The fourth-order valence-electron chi connectivity index (χ4n) is 3.45. The summed E-state index contributed by atoms with van der Waals surface area (Å²) in [4.78, 5) is 48.4. The highest BCUT2D eigenvalue weighted by atomic mass is 16.4. The number of aliphatic carboxylic acids is 1. The number of hydrogen-bond acceptors (Lipinski definition) is 5. The first-order valence-corrected chi connectivity index (χ1v) is 8.46. The van der Waals surface area contributed by atoms with Gasteiger partial charge in [0.25, 0.3) is 11.5 Å². The lowest BCUT2D eigenvalue weighted by atomic mass is 9.91. The zero-order valence-electron chi connectivity index (χ0n) is 14.3. The number of carboxylic acids is 1. The lowest BCUT2D eigenvalue weighted by Crippen LogP contribution is -2.45. The van der Waals surface area contributed by atoms with Crippen molar-refractivity contribution in [2.24, 2.45) is 0 Å². The van der Waals surface area contributed by atoms with Gasteiger partial charge in [-0.3, -0.25) is 14.4 Å². The third-order valence-corrected chi connectivity index (χ3v) is 4.77. The Hall–Kier alpha value is -3.55. The number of rotatable bonds is 3. The van der Waals surface area contributed by atoms with E-state index in [2.05, 4.69) is 15.0 Å². The minimum atomic E-state index is -0.963. The van der Waals surface area contributed by atoms with Crippen molar-refractivity contribution in [1.29, 1.82) is 0 Å². The van der Waals surface area contributed by atoms with Gasteiger partial charge >= 0.3 is 5.97 Å². The van der Waals surface area contributed by atoms with Crippen LogP contribution in [0, 0.1) is 0 Å². The van der Waals surface area contributed by atoms with Gasteiger partial charge in [0.2, 0.25) is 0 Å². The minimum absolute atomic E-state index is 0.150. The quantitative estimate of drug-likeness (QED) is 0.725. The molecule has 8 nitrogen and oxygen atoms in total. The van der Waals surface area contributed by atoms with E-state index in [1.165, 1.54) is 18.6 Å². The van der Waals surface area contributed by atoms with Gasteiger partial charge in [-0.05, 0) is 23.6 Å². The summed E-state index contributed by atoms with van der Waals surface area (Å²) in [6, 6.07) is 8.67. The molecule has 2 N–H and O–H groups in total. The van der Waals surface area contributed by atoms with Crippen LogP contribution in [-0.4, -0.2) is 42.9 Å². The Kier molecular flexibility index (Phi) is 4.15. The van der Waals surface area contributed by atoms with Gasteiger partial charge < -0.3 is 15.0 Å². The number of carbonyl (C=O) groups excluding carboxylic acids is 1. The summed E-state index contributed by atoms with van der Waals surface area (Å²) in [5.41, 5.74) is 2.14. The number of aromatic nitrogens is 3. The summed E-state index contributed by atoms with van der Waals surface area (Å²) in [6.07, 6.45) is 2.94. The average Bonchev–Trinajstić information content (AvgIpc) is 2.66. The monoisotopic (exact) mass is 364 g/mol. The average molecular weight is 364 g/mol. The first-order valence-electron chi connectivity index (χ1n) is 8.46. The van der Waals surface area contributed by atoms with Gasteiger partial charge in [0.1, 0.15) is 0 Å². The van der Waals surface area contributed by atoms with E-state index in [4.69, 9.17) is 0 Å². The Balaban J connectivity index is 1.73. The first kappa shape index (κ1) is 16.9. The SMILES string of the molecule is O=C(O)C[C@@H]1Cc2ccccc2CN1C(=O)c1cnc2nc[nH]c(=O)c2c1. The Morgan fingerprint density at radius 1 is 1.22 bits per heavy atom. The van der Waals surface area contributed by atoms with E-state index < -0.39 is 12.0 Å². The summed E-state index contributed by atoms with van der Waals surface area (Å²) >= 11 is 0. The van der Waals surface area contributed by atoms with Crippen LogP contribution in [0.3, 0.4) is 0 Å². The van der Waals surface area contributed by atoms with Crippen LogP contribution in [0.1, 0.15) is 27.9 Å². The number of nitrogens with one attached hydrogen (secondary N) is 1. The molecule has 3 heterocycles. The third-order valence-electron chi connectivity index (χ3n) is 4.77. The smallest absolute Gasteiger partial charge is 0.305 e. The number of fused-ring (bicyclic) bond motifs is 2. The lowest BCUT2D eigenvalue weighted by molar-refractivity contribution is -0.138. The van der Waals surface area contributed by atoms with Crippen LogP contribution in [0.15, 0.2) is 47.7 Å². The molecular formula is C19H16N4O4. The van der Waals surface area contributed by atoms with Crippen LogP contribution < -0.4 is 5.56 Å². The zero-order valence-corrected chi connectivity index (χ0v) is 14.3. The molecule has 136 valence electrons. The van der Waals surface area contributed by atoms with E-state index >= 15 is 0 Å². The van der Waals surface area contributed by atoms with E-state index in [9.17, 15) is 19.5 Å². The molecule has 3 aromatic rings. The number of carboxylic acid groups (broad SMARTS) is 1. The van der Waals surface area contributed by atoms with E-state index in [0.717, 1.165) is 11.1 Å². The highest BCUT2D eigenvalue weighted by Crippen LogP contribution is 2.26. The van der Waals surface area contributed by atoms with Crippen LogP contribution in [0.25, 0.3) is 11.0 Å². The van der Waals surface area contributed by atoms with Gasteiger partial charge in [0.15, 0.2) is 5.65 Å². The molecule has 1 amide bonds. The maximum absolute atomic E-state index is 13.1. The molecule has 27 heavy (non-hydrogen) atoms. The number of hydrogen-bond donors (Lipinski definition) is 2. The molecule has 0 bridgehead atoms. The van der Waals surface area contributed by atoms with Crippen LogP contribution >= 0.6 is 0 Å². The van der Waals surface area contributed by atoms with Crippen LogP contribution in [0.2, 0.25) is 0 Å². The highest BCUT2D eigenvalue weighted by molar-refractivity contribution is 5.97. The highest BCUT2D eigenvalue weighted by Gasteiger charge is 2.32. The second-order valence-corrected chi connectivity index (χ2v) is 6.48. The molecule has 1 aliphatic heterocycles. The lowest BCUT2D eigenvalue weighted by Gasteiger charge is -2.36. The van der Waals surface area contributed by atoms with E-state index in [-0.39, 0.29) is 34.5 Å². The van der Waals surface area contributed by atoms with Crippen molar-refractivity contribution in [1.82, 2.24) is 19.9 Å². The van der Waals surface area contributed by atoms with Crippen molar-refractivity contribution in [3.8, 4) is 0 Å². The number of carbonyl (C=O) groups is 2. The number of nitrogens with zero attached hydrogens (tertiary/aromatic N) is 3. The summed E-state index contributed by atoms with van der Waals surface area (Å²) < 4.78 is 0. The standard InChI is InChI=1S/C19H16N4O4/c24-16(25)7-14-5-11-3-1-2-4-12(11)9-23(14)19(27)13-6-15-17(20-8-13)21-10-22-18(15)26/h1-4,6,8,10,14H,5,7,9H2,(H,24,25)(H,20,21,22,26)/t14-/m0/s1. The molecule has 2 aromatic heterocycles. The molecule has 0 fully saturated rings. The number of aromatic amines is 1. The van der Waals surface area contributed by atoms with Crippen LogP contribution in [0.4, 0.5) is 0 Å². The van der Waals surface area contributed by atoms with Crippen molar-refractivity contribution < 1.29 is 14.7 Å². The zero-order chi connectivity index (χ0) is 19.0. The van der Waals surface area contributed by atoms with E-state index in [1.807, 2.05) is 24.3 Å². The van der Waals surface area contributed by atoms with Crippen molar-refractivity contribution in [3.05, 3.63) is 69.9 Å². The predicted octanol–water partition coefficient (Wildman–Crippen LogP) is 1.36. The summed E-state index contributed by atoms with van der Waals surface area (Å²) in [6.45, 7) is 0.314. The Morgan fingerprint density at radius 3 is 2.78 bits per heavy atom. The molecule has 0 saturated heterocycles. The van der Waals surface area contributed by atoms with E-state index in [0.29, 0.717) is 13.0 Å². The van der Waals surface area contributed by atoms with Gasteiger partial charge in [-0.15, -0.1) is 0 Å². The normalized spacial score (nSPS) is 16.1. The first-order chi connectivity index (χ1) is 13.0. The van der Waals surface area contributed by atoms with Crippen molar-refractivity contribution >= 4 is 22.9 Å². The summed E-state index contributed by atoms with van der Waals surface area (Å²) in [5, 5.41) is 9.48. The third kappa shape index (κ3) is 3.17. The molecule has 1 aliphatic rings. The second-order valence-electron chi connectivity index (χ2n) is 6.48. The number of amides is 1. The molecular weight excluding hydrogens is 348 g/mol. The molecule has 0 unspecified atom stereocenters. The number of H-pyrrole nitrogens is 1. The molecule has 0 saturated carbocycles. The number of pyridine rings is 1. The van der Waals surface area contributed by atoms with E-state index in [1.54, 1.807) is 4.90 Å². The van der Waals surface area contributed by atoms with Crippen LogP contribution in [0.5, 0.6) is 0 Å². The van der Waals surface area contributed by atoms with Crippen molar-refractivity contribution in [2.45, 2.75) is 25.4 Å². The fraction of sp³-hybridized carbons (Fsp3) is 0.211. The Bertz CT molecular complexity index is 1110. The van der Waals surface area contributed by atoms with Gasteiger partial charge in [0.05, 0.1) is 23.7 Å². The Labute approximate surface area is 153 Å². The molecule has 0 spiro atoms. The fourth-order valence-corrected chi connectivity index (χ4v) is 3.45. The molecule has 8 heteroatoms.